The van der Waals surface area contributed by atoms with Crippen molar-refractivity contribution in [1.29, 1.82) is 0 Å². The standard InChI is InChI=1S/C14H17Cl2N3/c1-9-13(7-17-3)10(2)19(18-9)8-11-6-12(15)4-5-14(11)16/h4-6,17H,7-8H2,1-3H3. The Labute approximate surface area is 123 Å². The van der Waals surface area contributed by atoms with Crippen LogP contribution in [0.5, 0.6) is 0 Å². The van der Waals surface area contributed by atoms with Gasteiger partial charge in [0.05, 0.1) is 12.2 Å². The van der Waals surface area contributed by atoms with Gasteiger partial charge in [0.15, 0.2) is 0 Å². The third-order valence-corrected chi connectivity index (χ3v) is 3.82. The van der Waals surface area contributed by atoms with E-state index in [0.29, 0.717) is 16.6 Å². The number of aromatic nitrogens is 2. The summed E-state index contributed by atoms with van der Waals surface area (Å²) in [5.74, 6) is 0. The van der Waals surface area contributed by atoms with Crippen molar-refractivity contribution in [3.63, 3.8) is 0 Å². The first-order valence-electron chi connectivity index (χ1n) is 6.14. The van der Waals surface area contributed by atoms with Gasteiger partial charge in [0.1, 0.15) is 0 Å². The summed E-state index contributed by atoms with van der Waals surface area (Å²) in [6, 6.07) is 5.50. The van der Waals surface area contributed by atoms with E-state index in [9.17, 15) is 0 Å². The zero-order valence-electron chi connectivity index (χ0n) is 11.3. The Kier molecular flexibility index (Phi) is 4.50. The number of rotatable bonds is 4. The Morgan fingerprint density at radius 2 is 2.00 bits per heavy atom. The van der Waals surface area contributed by atoms with Crippen LogP contribution in [0.15, 0.2) is 18.2 Å². The van der Waals surface area contributed by atoms with E-state index in [0.717, 1.165) is 23.5 Å². The molecule has 0 bridgehead atoms. The second kappa shape index (κ2) is 5.95. The Bertz CT molecular complexity index is 591. The minimum absolute atomic E-state index is 0.635. The quantitative estimate of drug-likeness (QED) is 0.935. The van der Waals surface area contributed by atoms with E-state index in [4.69, 9.17) is 23.2 Å². The van der Waals surface area contributed by atoms with Gasteiger partial charge in [0.25, 0.3) is 0 Å². The molecule has 0 saturated heterocycles. The fourth-order valence-electron chi connectivity index (χ4n) is 2.15. The van der Waals surface area contributed by atoms with Crippen molar-refractivity contribution in [3.8, 4) is 0 Å². The molecule has 1 N–H and O–H groups in total. The van der Waals surface area contributed by atoms with Gasteiger partial charge >= 0.3 is 0 Å². The molecule has 0 spiro atoms. The summed E-state index contributed by atoms with van der Waals surface area (Å²) in [6.07, 6.45) is 0. The van der Waals surface area contributed by atoms with Gasteiger partial charge in [0.2, 0.25) is 0 Å². The van der Waals surface area contributed by atoms with Gasteiger partial charge in [-0.15, -0.1) is 0 Å². The maximum absolute atomic E-state index is 6.19. The van der Waals surface area contributed by atoms with Crippen LogP contribution >= 0.6 is 23.2 Å². The number of benzene rings is 1. The fourth-order valence-corrected chi connectivity index (χ4v) is 2.52. The fraction of sp³-hybridized carbons (Fsp3) is 0.357. The lowest BCUT2D eigenvalue weighted by Gasteiger charge is -2.08. The first-order chi connectivity index (χ1) is 9.02. The zero-order chi connectivity index (χ0) is 14.0. The first-order valence-corrected chi connectivity index (χ1v) is 6.90. The summed E-state index contributed by atoms with van der Waals surface area (Å²) < 4.78 is 1.97. The van der Waals surface area contributed by atoms with Crippen LogP contribution in [0.25, 0.3) is 0 Å². The molecule has 0 aliphatic carbocycles. The highest BCUT2D eigenvalue weighted by Crippen LogP contribution is 2.23. The monoisotopic (exact) mass is 297 g/mol. The molecule has 1 aromatic carbocycles. The molecule has 0 fully saturated rings. The van der Waals surface area contributed by atoms with Crippen molar-refractivity contribution in [2.45, 2.75) is 26.9 Å². The Hall–Kier alpha value is -1.03. The van der Waals surface area contributed by atoms with Gasteiger partial charge in [-0.1, -0.05) is 23.2 Å². The summed E-state index contributed by atoms with van der Waals surface area (Å²) in [6.45, 7) is 5.55. The van der Waals surface area contributed by atoms with Crippen LogP contribution in [0.4, 0.5) is 0 Å². The van der Waals surface area contributed by atoms with Crippen LogP contribution < -0.4 is 5.32 Å². The Morgan fingerprint density at radius 3 is 2.68 bits per heavy atom. The van der Waals surface area contributed by atoms with Crippen LogP contribution in [0, 0.1) is 13.8 Å². The lowest BCUT2D eigenvalue weighted by Crippen LogP contribution is -2.08. The van der Waals surface area contributed by atoms with Gasteiger partial charge in [0, 0.05) is 27.8 Å². The summed E-state index contributed by atoms with van der Waals surface area (Å²) in [5, 5.41) is 9.14. The van der Waals surface area contributed by atoms with Crippen molar-refractivity contribution in [2.75, 3.05) is 7.05 Å². The molecule has 19 heavy (non-hydrogen) atoms. The molecular formula is C14H17Cl2N3. The number of hydrogen-bond donors (Lipinski definition) is 1. The van der Waals surface area contributed by atoms with E-state index < -0.39 is 0 Å². The molecule has 0 amide bonds. The van der Waals surface area contributed by atoms with E-state index in [2.05, 4.69) is 17.3 Å². The summed E-state index contributed by atoms with van der Waals surface area (Å²) >= 11 is 12.2. The predicted molar refractivity (Wildman–Crippen MR) is 80.0 cm³/mol. The van der Waals surface area contributed by atoms with Crippen molar-refractivity contribution < 1.29 is 0 Å². The molecule has 1 aromatic heterocycles. The molecule has 2 aromatic rings. The van der Waals surface area contributed by atoms with E-state index in [1.807, 2.05) is 30.8 Å². The molecule has 102 valence electrons. The number of aryl methyl sites for hydroxylation is 1. The lowest BCUT2D eigenvalue weighted by atomic mass is 10.2. The van der Waals surface area contributed by atoms with Gasteiger partial charge in [-0.05, 0) is 44.7 Å². The minimum atomic E-state index is 0.635. The molecule has 0 unspecified atom stereocenters. The van der Waals surface area contributed by atoms with Gasteiger partial charge < -0.3 is 5.32 Å². The summed E-state index contributed by atoms with van der Waals surface area (Å²) in [4.78, 5) is 0. The molecule has 2 rings (SSSR count). The van der Waals surface area contributed by atoms with Crippen LogP contribution in [0.3, 0.4) is 0 Å². The SMILES string of the molecule is CNCc1c(C)nn(Cc2cc(Cl)ccc2Cl)c1C. The Morgan fingerprint density at radius 1 is 1.26 bits per heavy atom. The number of nitrogens with one attached hydrogen (secondary N) is 1. The number of nitrogens with zero attached hydrogens (tertiary/aromatic N) is 2. The maximum Gasteiger partial charge on any atom is 0.0677 e. The van der Waals surface area contributed by atoms with Crippen LogP contribution in [-0.2, 0) is 13.1 Å². The van der Waals surface area contributed by atoms with E-state index in [1.165, 1.54) is 5.56 Å². The molecule has 0 aliphatic heterocycles. The topological polar surface area (TPSA) is 29.9 Å². The molecule has 5 heteroatoms. The highest BCUT2D eigenvalue weighted by molar-refractivity contribution is 6.33. The van der Waals surface area contributed by atoms with Gasteiger partial charge in [-0.25, -0.2) is 0 Å². The van der Waals surface area contributed by atoms with Crippen molar-refractivity contribution >= 4 is 23.2 Å². The largest absolute Gasteiger partial charge is 0.316 e. The van der Waals surface area contributed by atoms with E-state index in [-0.39, 0.29) is 0 Å². The second-order valence-electron chi connectivity index (χ2n) is 4.57. The zero-order valence-corrected chi connectivity index (χ0v) is 12.8. The Balaban J connectivity index is 2.33. The van der Waals surface area contributed by atoms with Gasteiger partial charge in [-0.3, -0.25) is 4.68 Å². The molecule has 1 heterocycles. The number of hydrogen-bond acceptors (Lipinski definition) is 2. The van der Waals surface area contributed by atoms with E-state index in [1.54, 1.807) is 6.07 Å². The average Bonchev–Trinajstić information content (AvgIpc) is 2.62. The van der Waals surface area contributed by atoms with Gasteiger partial charge in [-0.2, -0.15) is 5.10 Å². The molecule has 0 saturated carbocycles. The third kappa shape index (κ3) is 3.11. The van der Waals surface area contributed by atoms with Crippen LogP contribution in [0.1, 0.15) is 22.5 Å². The molecule has 0 aliphatic rings. The molecule has 0 radical (unpaired) electrons. The van der Waals surface area contributed by atoms with Crippen molar-refractivity contribution in [1.82, 2.24) is 15.1 Å². The van der Waals surface area contributed by atoms with Crippen molar-refractivity contribution in [3.05, 3.63) is 50.8 Å². The third-order valence-electron chi connectivity index (χ3n) is 3.21. The van der Waals surface area contributed by atoms with E-state index >= 15 is 0 Å². The average molecular weight is 298 g/mol. The smallest absolute Gasteiger partial charge is 0.0677 e. The lowest BCUT2D eigenvalue weighted by molar-refractivity contribution is 0.657. The molecule has 3 nitrogen and oxygen atoms in total. The summed E-state index contributed by atoms with van der Waals surface area (Å²) in [7, 11) is 1.93. The molecule has 0 atom stereocenters. The summed E-state index contributed by atoms with van der Waals surface area (Å²) in [5.41, 5.74) is 4.42. The van der Waals surface area contributed by atoms with Crippen LogP contribution in [0.2, 0.25) is 10.0 Å². The van der Waals surface area contributed by atoms with Crippen molar-refractivity contribution in [2.24, 2.45) is 0 Å². The molecular weight excluding hydrogens is 281 g/mol. The number of halogens is 2. The minimum Gasteiger partial charge on any atom is -0.316 e. The predicted octanol–water partition coefficient (Wildman–Crippen LogP) is 3.57. The normalized spacial score (nSPS) is 11.0. The highest BCUT2D eigenvalue weighted by Gasteiger charge is 2.12. The van der Waals surface area contributed by atoms with Crippen LogP contribution in [-0.4, -0.2) is 16.8 Å². The first kappa shape index (κ1) is 14.4. The second-order valence-corrected chi connectivity index (χ2v) is 5.42. The maximum atomic E-state index is 6.19. The highest BCUT2D eigenvalue weighted by atomic mass is 35.5.